The van der Waals surface area contributed by atoms with E-state index < -0.39 is 41.1 Å². The summed E-state index contributed by atoms with van der Waals surface area (Å²) in [6, 6.07) is 5.17. The van der Waals surface area contributed by atoms with Gasteiger partial charge in [0.05, 0.1) is 23.0 Å². The van der Waals surface area contributed by atoms with Gasteiger partial charge in [-0.3, -0.25) is 4.79 Å². The first-order valence-corrected chi connectivity index (χ1v) is 11.2. The fraction of sp³-hybridized carbons (Fsp3) is 0.316. The number of ketones is 1. The van der Waals surface area contributed by atoms with Crippen molar-refractivity contribution in [2.24, 2.45) is 0 Å². The van der Waals surface area contributed by atoms with Gasteiger partial charge in [0.25, 0.3) is 0 Å². The third-order valence-corrected chi connectivity index (χ3v) is 6.38. The molecule has 0 amide bonds. The first-order valence-electron chi connectivity index (χ1n) is 8.20. The Morgan fingerprint density at radius 3 is 1.37 bits per heavy atom. The Balaban J connectivity index is 2.54. The van der Waals surface area contributed by atoms with Crippen LogP contribution in [0.3, 0.4) is 0 Å². The molecule has 0 radical (unpaired) electrons. The highest BCUT2D eigenvalue weighted by atomic mass is 79.9. The normalized spacial score (nSPS) is 14.5. The second-order valence-corrected chi connectivity index (χ2v) is 8.39. The summed E-state index contributed by atoms with van der Waals surface area (Å²) in [7, 11) is 0. The third kappa shape index (κ3) is 5.72. The van der Waals surface area contributed by atoms with E-state index in [-0.39, 0.29) is 31.8 Å². The van der Waals surface area contributed by atoms with Gasteiger partial charge in [-0.25, -0.2) is 0 Å². The average Bonchev–Trinajstić information content (AvgIpc) is 2.64. The molecule has 2 unspecified atom stereocenters. The standard InChI is InChI=1S/C19H12Br2Cl2F6O/c20-7-13(11-5-9(18(24,25)26)1-3-15(11)22)17(30)14(8-21)12-6-10(19(27,28)29)2-4-16(12)23/h1-6,13-14H,7-8H2. The lowest BCUT2D eigenvalue weighted by atomic mass is 9.84. The number of halogens is 10. The summed E-state index contributed by atoms with van der Waals surface area (Å²) >= 11 is 18.3. The number of Topliss-reactive ketones (excluding diaryl/α,β-unsaturated/α-hetero) is 1. The molecule has 2 aromatic rings. The van der Waals surface area contributed by atoms with Crippen molar-refractivity contribution < 1.29 is 31.1 Å². The van der Waals surface area contributed by atoms with Crippen LogP contribution in [0.25, 0.3) is 0 Å². The lowest BCUT2D eigenvalue weighted by molar-refractivity contribution is -0.138. The van der Waals surface area contributed by atoms with Gasteiger partial charge in [0.2, 0.25) is 0 Å². The van der Waals surface area contributed by atoms with E-state index in [1.54, 1.807) is 0 Å². The van der Waals surface area contributed by atoms with Crippen molar-refractivity contribution in [2.75, 3.05) is 10.7 Å². The maximum Gasteiger partial charge on any atom is 0.416 e. The molecule has 0 bridgehead atoms. The maximum absolute atomic E-state index is 13.2. The van der Waals surface area contributed by atoms with E-state index in [9.17, 15) is 31.1 Å². The molecule has 0 aliphatic rings. The first kappa shape index (κ1) is 25.5. The number of benzene rings is 2. The summed E-state index contributed by atoms with van der Waals surface area (Å²) in [5.74, 6) is -2.92. The second-order valence-electron chi connectivity index (χ2n) is 6.28. The van der Waals surface area contributed by atoms with Gasteiger partial charge < -0.3 is 0 Å². The highest BCUT2D eigenvalue weighted by molar-refractivity contribution is 9.09. The van der Waals surface area contributed by atoms with Gasteiger partial charge in [-0.05, 0) is 47.5 Å². The van der Waals surface area contributed by atoms with Crippen molar-refractivity contribution in [3.05, 3.63) is 68.7 Å². The average molecular weight is 601 g/mol. The fourth-order valence-electron chi connectivity index (χ4n) is 2.84. The summed E-state index contributed by atoms with van der Waals surface area (Å²) in [5, 5.41) is -0.312. The molecule has 0 saturated heterocycles. The Hall–Kier alpha value is -0.770. The monoisotopic (exact) mass is 598 g/mol. The van der Waals surface area contributed by atoms with Gasteiger partial charge in [0.1, 0.15) is 5.78 Å². The molecule has 2 rings (SSSR count). The largest absolute Gasteiger partial charge is 0.416 e. The van der Waals surface area contributed by atoms with Crippen molar-refractivity contribution >= 4 is 60.8 Å². The summed E-state index contributed by atoms with van der Waals surface area (Å²) in [6.07, 6.45) is -9.31. The van der Waals surface area contributed by atoms with Gasteiger partial charge in [-0.1, -0.05) is 55.1 Å². The number of rotatable bonds is 6. The van der Waals surface area contributed by atoms with E-state index in [0.717, 1.165) is 36.4 Å². The van der Waals surface area contributed by atoms with Gasteiger partial charge >= 0.3 is 12.4 Å². The number of hydrogen-bond acceptors (Lipinski definition) is 1. The van der Waals surface area contributed by atoms with E-state index in [1.165, 1.54) is 0 Å². The Morgan fingerprint density at radius 1 is 0.767 bits per heavy atom. The van der Waals surface area contributed by atoms with Gasteiger partial charge in [0, 0.05) is 20.7 Å². The summed E-state index contributed by atoms with van der Waals surface area (Å²) < 4.78 is 78.6. The predicted molar refractivity (Wildman–Crippen MR) is 111 cm³/mol. The molecule has 2 aromatic carbocycles. The number of carbonyl (C=O) groups is 1. The first-order chi connectivity index (χ1) is 13.8. The zero-order valence-electron chi connectivity index (χ0n) is 14.7. The smallest absolute Gasteiger partial charge is 0.298 e. The molecule has 164 valence electrons. The van der Waals surface area contributed by atoms with Crippen LogP contribution in [-0.4, -0.2) is 16.4 Å². The number of alkyl halides is 8. The predicted octanol–water partition coefficient (Wildman–Crippen LogP) is 8.26. The maximum atomic E-state index is 13.2. The lowest BCUT2D eigenvalue weighted by Crippen LogP contribution is -2.24. The molecule has 0 saturated carbocycles. The molecule has 0 heterocycles. The fourth-order valence-corrected chi connectivity index (χ4v) is 4.68. The Kier molecular flexibility index (Phi) is 8.32. The number of hydrogen-bond donors (Lipinski definition) is 0. The Labute approximate surface area is 195 Å². The summed E-state index contributed by atoms with van der Waals surface area (Å²) in [4.78, 5) is 13.2. The minimum atomic E-state index is -4.65. The highest BCUT2D eigenvalue weighted by Crippen LogP contribution is 2.40. The van der Waals surface area contributed by atoms with Crippen LogP contribution in [0.1, 0.15) is 34.1 Å². The molecule has 1 nitrogen and oxygen atoms in total. The zero-order chi connectivity index (χ0) is 22.9. The van der Waals surface area contributed by atoms with Gasteiger partial charge in [-0.2, -0.15) is 26.3 Å². The Morgan fingerprint density at radius 2 is 1.10 bits per heavy atom. The van der Waals surface area contributed by atoms with E-state index in [0.29, 0.717) is 0 Å². The van der Waals surface area contributed by atoms with Crippen LogP contribution in [0.5, 0.6) is 0 Å². The minimum Gasteiger partial charge on any atom is -0.298 e. The van der Waals surface area contributed by atoms with Gasteiger partial charge in [0.15, 0.2) is 0 Å². The zero-order valence-corrected chi connectivity index (χ0v) is 19.4. The Bertz CT molecular complexity index is 857. The van der Waals surface area contributed by atoms with Gasteiger partial charge in [-0.15, -0.1) is 0 Å². The SMILES string of the molecule is O=C(C(CBr)c1cc(C(F)(F)F)ccc1Cl)C(CBr)c1cc(C(F)(F)F)ccc1Cl. The molecule has 2 atom stereocenters. The summed E-state index contributed by atoms with van der Waals surface area (Å²) in [6.45, 7) is 0. The minimum absolute atomic E-state index is 0.0655. The number of carbonyl (C=O) groups excluding carboxylic acids is 1. The molecular formula is C19H12Br2Cl2F6O. The molecular weight excluding hydrogens is 589 g/mol. The molecule has 11 heteroatoms. The lowest BCUT2D eigenvalue weighted by Gasteiger charge is -2.23. The van der Waals surface area contributed by atoms with Crippen molar-refractivity contribution in [3.63, 3.8) is 0 Å². The molecule has 0 aliphatic carbocycles. The van der Waals surface area contributed by atoms with Crippen LogP contribution >= 0.6 is 55.1 Å². The van der Waals surface area contributed by atoms with Crippen molar-refractivity contribution in [1.82, 2.24) is 0 Å². The van der Waals surface area contributed by atoms with Crippen LogP contribution in [0.4, 0.5) is 26.3 Å². The van der Waals surface area contributed by atoms with E-state index in [2.05, 4.69) is 31.9 Å². The summed E-state index contributed by atoms with van der Waals surface area (Å²) in [5.41, 5.74) is -2.15. The molecule has 30 heavy (non-hydrogen) atoms. The van der Waals surface area contributed by atoms with E-state index >= 15 is 0 Å². The van der Waals surface area contributed by atoms with Crippen LogP contribution in [0.2, 0.25) is 10.0 Å². The molecule has 0 aliphatic heterocycles. The molecule has 0 spiro atoms. The van der Waals surface area contributed by atoms with Crippen molar-refractivity contribution in [3.8, 4) is 0 Å². The second kappa shape index (κ2) is 9.79. The molecule has 0 N–H and O–H groups in total. The molecule has 0 aromatic heterocycles. The third-order valence-electron chi connectivity index (χ3n) is 4.39. The van der Waals surface area contributed by atoms with E-state index in [1.807, 2.05) is 0 Å². The van der Waals surface area contributed by atoms with Crippen LogP contribution < -0.4 is 0 Å². The highest BCUT2D eigenvalue weighted by Gasteiger charge is 2.36. The topological polar surface area (TPSA) is 17.1 Å². The van der Waals surface area contributed by atoms with Crippen LogP contribution in [-0.2, 0) is 17.1 Å². The van der Waals surface area contributed by atoms with Crippen molar-refractivity contribution in [1.29, 1.82) is 0 Å². The van der Waals surface area contributed by atoms with Crippen LogP contribution in [0, 0.1) is 0 Å². The quantitative estimate of drug-likeness (QED) is 0.241. The molecule has 0 fully saturated rings. The van der Waals surface area contributed by atoms with Crippen molar-refractivity contribution in [2.45, 2.75) is 24.2 Å². The van der Waals surface area contributed by atoms with E-state index in [4.69, 9.17) is 23.2 Å². The van der Waals surface area contributed by atoms with Crippen LogP contribution in [0.15, 0.2) is 36.4 Å².